The van der Waals surface area contributed by atoms with Gasteiger partial charge in [0, 0.05) is 41.5 Å². The number of aromatic nitrogens is 3. The molecule has 0 aliphatic carbocycles. The van der Waals surface area contributed by atoms with Gasteiger partial charge in [0.1, 0.15) is 5.69 Å². The predicted molar refractivity (Wildman–Crippen MR) is 128 cm³/mol. The van der Waals surface area contributed by atoms with Crippen molar-refractivity contribution >= 4 is 5.71 Å². The molecule has 0 radical (unpaired) electrons. The summed E-state index contributed by atoms with van der Waals surface area (Å²) in [6, 6.07) is 15.1. The van der Waals surface area contributed by atoms with Crippen LogP contribution in [0.1, 0.15) is 46.6 Å². The Balaban J connectivity index is 1.47. The van der Waals surface area contributed by atoms with Gasteiger partial charge in [0.05, 0.1) is 18.3 Å². The zero-order valence-electron chi connectivity index (χ0n) is 19.0. The molecule has 4 aromatic rings. The molecule has 4 heterocycles. The van der Waals surface area contributed by atoms with Crippen molar-refractivity contribution in [3.8, 4) is 11.1 Å². The number of rotatable bonds is 4. The zero-order valence-corrected chi connectivity index (χ0v) is 19.0. The Kier molecular flexibility index (Phi) is 5.59. The van der Waals surface area contributed by atoms with Gasteiger partial charge in [0.25, 0.3) is 5.56 Å². The first-order valence-corrected chi connectivity index (χ1v) is 11.1. The number of hydrogen-bond donors (Lipinski definition) is 0. The van der Waals surface area contributed by atoms with Crippen LogP contribution in [0.4, 0.5) is 13.2 Å². The Morgan fingerprint density at radius 1 is 0.914 bits per heavy atom. The summed E-state index contributed by atoms with van der Waals surface area (Å²) in [5, 5.41) is 0. The van der Waals surface area contributed by atoms with Crippen molar-refractivity contribution in [3.05, 3.63) is 117 Å². The molecule has 0 saturated heterocycles. The second kappa shape index (κ2) is 8.61. The molecule has 0 N–H and O–H groups in total. The van der Waals surface area contributed by atoms with Crippen molar-refractivity contribution in [2.24, 2.45) is 4.99 Å². The Hall–Kier alpha value is -4.07. The number of hydrogen-bond acceptors (Lipinski definition) is 4. The standard InChI is InChI=1S/C27H21F3N4O/c1-16-11-21(6-8-31-16)26-23-12-19(3-4-22(23)15-33-26)20-7-10-34(25(35)14-20)17(2)18-5-9-32-24(13-18)27(28,29)30/h3-14,17H,15H2,1-2H3. The first-order chi connectivity index (χ1) is 16.7. The Labute approximate surface area is 199 Å². The van der Waals surface area contributed by atoms with Crippen molar-refractivity contribution in [1.82, 2.24) is 14.5 Å². The average molecular weight is 474 g/mol. The highest BCUT2D eigenvalue weighted by Crippen LogP contribution is 2.31. The van der Waals surface area contributed by atoms with Crippen molar-refractivity contribution in [2.45, 2.75) is 32.6 Å². The third-order valence-corrected chi connectivity index (χ3v) is 6.20. The van der Waals surface area contributed by atoms with Crippen LogP contribution in [0.2, 0.25) is 0 Å². The fourth-order valence-electron chi connectivity index (χ4n) is 4.32. The van der Waals surface area contributed by atoms with E-state index in [1.807, 2.05) is 37.3 Å². The van der Waals surface area contributed by atoms with E-state index in [1.54, 1.807) is 25.4 Å². The van der Waals surface area contributed by atoms with E-state index in [4.69, 9.17) is 4.99 Å². The summed E-state index contributed by atoms with van der Waals surface area (Å²) in [6.07, 6.45) is -0.0575. The van der Waals surface area contributed by atoms with Crippen LogP contribution in [0.3, 0.4) is 0 Å². The van der Waals surface area contributed by atoms with Gasteiger partial charge in [-0.3, -0.25) is 19.8 Å². The topological polar surface area (TPSA) is 60.1 Å². The summed E-state index contributed by atoms with van der Waals surface area (Å²) >= 11 is 0. The van der Waals surface area contributed by atoms with E-state index < -0.39 is 17.9 Å². The molecule has 3 aromatic heterocycles. The molecule has 8 heteroatoms. The number of benzene rings is 1. The Bertz CT molecular complexity index is 1520. The van der Waals surface area contributed by atoms with E-state index in [2.05, 4.69) is 9.97 Å². The van der Waals surface area contributed by atoms with E-state index in [1.165, 1.54) is 16.7 Å². The monoisotopic (exact) mass is 474 g/mol. The fourth-order valence-corrected chi connectivity index (χ4v) is 4.32. The molecule has 0 saturated carbocycles. The molecule has 0 fully saturated rings. The highest BCUT2D eigenvalue weighted by Gasteiger charge is 2.33. The van der Waals surface area contributed by atoms with Gasteiger partial charge >= 0.3 is 6.18 Å². The minimum absolute atomic E-state index is 0.306. The third kappa shape index (κ3) is 4.39. The zero-order chi connectivity index (χ0) is 24.7. The van der Waals surface area contributed by atoms with Gasteiger partial charge in [-0.2, -0.15) is 13.2 Å². The minimum Gasteiger partial charge on any atom is -0.308 e. The Morgan fingerprint density at radius 2 is 1.69 bits per heavy atom. The minimum atomic E-state index is -4.55. The molecule has 176 valence electrons. The van der Waals surface area contributed by atoms with E-state index in [0.29, 0.717) is 12.1 Å². The van der Waals surface area contributed by atoms with Crippen LogP contribution in [0.15, 0.2) is 83.0 Å². The first-order valence-electron chi connectivity index (χ1n) is 11.1. The molecule has 5 rings (SSSR count). The maximum absolute atomic E-state index is 13.1. The lowest BCUT2D eigenvalue weighted by atomic mass is 9.95. The highest BCUT2D eigenvalue weighted by atomic mass is 19.4. The van der Waals surface area contributed by atoms with Crippen LogP contribution in [0.25, 0.3) is 11.1 Å². The van der Waals surface area contributed by atoms with Crippen LogP contribution < -0.4 is 5.56 Å². The molecular weight excluding hydrogens is 453 g/mol. The second-order valence-electron chi connectivity index (χ2n) is 8.53. The maximum Gasteiger partial charge on any atom is 0.433 e. The average Bonchev–Trinajstić information content (AvgIpc) is 3.26. The number of halogens is 3. The van der Waals surface area contributed by atoms with Crippen LogP contribution in [0, 0.1) is 6.92 Å². The summed E-state index contributed by atoms with van der Waals surface area (Å²) < 4.78 is 40.6. The van der Waals surface area contributed by atoms with Crippen LogP contribution in [-0.4, -0.2) is 20.2 Å². The quantitative estimate of drug-likeness (QED) is 0.387. The van der Waals surface area contributed by atoms with Crippen LogP contribution in [0.5, 0.6) is 0 Å². The number of aryl methyl sites for hydroxylation is 1. The molecule has 1 aliphatic heterocycles. The molecule has 1 aliphatic rings. The van der Waals surface area contributed by atoms with Gasteiger partial charge in [-0.1, -0.05) is 12.1 Å². The number of nitrogens with zero attached hydrogens (tertiary/aromatic N) is 4. The van der Waals surface area contributed by atoms with Crippen molar-refractivity contribution in [3.63, 3.8) is 0 Å². The molecule has 0 amide bonds. The number of alkyl halides is 3. The Morgan fingerprint density at radius 3 is 2.43 bits per heavy atom. The van der Waals surface area contributed by atoms with Crippen molar-refractivity contribution in [1.29, 1.82) is 0 Å². The van der Waals surface area contributed by atoms with Crippen LogP contribution in [-0.2, 0) is 12.7 Å². The van der Waals surface area contributed by atoms with Gasteiger partial charge in [-0.05, 0) is 72.5 Å². The predicted octanol–water partition coefficient (Wildman–Crippen LogP) is 5.59. The van der Waals surface area contributed by atoms with E-state index >= 15 is 0 Å². The largest absolute Gasteiger partial charge is 0.433 e. The van der Waals surface area contributed by atoms with Crippen LogP contribution >= 0.6 is 0 Å². The first kappa shape index (κ1) is 22.7. The molecule has 5 nitrogen and oxygen atoms in total. The fraction of sp³-hybridized carbons (Fsp3) is 0.185. The number of fused-ring (bicyclic) bond motifs is 1. The maximum atomic E-state index is 13.1. The smallest absolute Gasteiger partial charge is 0.308 e. The normalized spacial score (nSPS) is 13.9. The van der Waals surface area contributed by atoms with E-state index in [0.717, 1.165) is 51.5 Å². The van der Waals surface area contributed by atoms with Gasteiger partial charge in [0.15, 0.2) is 0 Å². The molecule has 0 spiro atoms. The van der Waals surface area contributed by atoms with Gasteiger partial charge in [0.2, 0.25) is 0 Å². The SMILES string of the molecule is Cc1cc(C2=NCc3ccc(-c4ccn(C(C)c5ccnc(C(F)(F)F)c5)c(=O)c4)cc32)ccn1. The van der Waals surface area contributed by atoms with E-state index in [-0.39, 0.29) is 5.56 Å². The van der Waals surface area contributed by atoms with E-state index in [9.17, 15) is 18.0 Å². The summed E-state index contributed by atoms with van der Waals surface area (Å²) in [4.78, 5) is 25.3. The molecule has 1 aromatic carbocycles. The molecular formula is C27H21F3N4O. The molecule has 1 unspecified atom stereocenters. The summed E-state index contributed by atoms with van der Waals surface area (Å²) in [6.45, 7) is 4.21. The number of pyridine rings is 3. The molecule has 35 heavy (non-hydrogen) atoms. The highest BCUT2D eigenvalue weighted by molar-refractivity contribution is 6.15. The number of aliphatic imine (C=N–C) groups is 1. The van der Waals surface area contributed by atoms with Gasteiger partial charge < -0.3 is 4.57 Å². The third-order valence-electron chi connectivity index (χ3n) is 6.20. The van der Waals surface area contributed by atoms with Crippen molar-refractivity contribution < 1.29 is 13.2 Å². The van der Waals surface area contributed by atoms with Gasteiger partial charge in [-0.15, -0.1) is 0 Å². The second-order valence-corrected chi connectivity index (χ2v) is 8.53. The van der Waals surface area contributed by atoms with Gasteiger partial charge in [-0.25, -0.2) is 0 Å². The summed E-state index contributed by atoms with van der Waals surface area (Å²) in [5.74, 6) is 0. The lowest BCUT2D eigenvalue weighted by molar-refractivity contribution is -0.141. The lowest BCUT2D eigenvalue weighted by Crippen LogP contribution is -2.23. The molecule has 1 atom stereocenters. The van der Waals surface area contributed by atoms with Crippen molar-refractivity contribution in [2.75, 3.05) is 0 Å². The summed E-state index contributed by atoms with van der Waals surface area (Å²) in [5.41, 5.74) is 5.58. The lowest BCUT2D eigenvalue weighted by Gasteiger charge is -2.17. The molecule has 0 bridgehead atoms. The summed E-state index contributed by atoms with van der Waals surface area (Å²) in [7, 11) is 0.